The lowest BCUT2D eigenvalue weighted by atomic mass is 9.94. The number of nitro groups is 1. The molecular weight excluding hydrogens is 456 g/mol. The third-order valence-electron chi connectivity index (χ3n) is 5.63. The zero-order valence-corrected chi connectivity index (χ0v) is 18.9. The number of anilines is 1. The van der Waals surface area contributed by atoms with E-state index in [0.717, 1.165) is 45.3 Å². The molecule has 2 N–H and O–H groups in total. The van der Waals surface area contributed by atoms with Crippen molar-refractivity contribution >= 4 is 48.7 Å². The number of nitrogens with one attached hydrogen (secondary N) is 1. The lowest BCUT2D eigenvalue weighted by Gasteiger charge is -2.13. The summed E-state index contributed by atoms with van der Waals surface area (Å²) < 4.78 is 25.0. The molecule has 0 bridgehead atoms. The molecule has 0 aliphatic heterocycles. The molecule has 174 valence electrons. The first-order valence-electron chi connectivity index (χ1n) is 10.6. The van der Waals surface area contributed by atoms with E-state index in [1.165, 1.54) is 0 Å². The second kappa shape index (κ2) is 9.58. The number of hydrogen-bond acceptors (Lipinski definition) is 6. The van der Waals surface area contributed by atoms with Crippen molar-refractivity contribution in [3.05, 3.63) is 88.5 Å². The zero-order valence-electron chi connectivity index (χ0n) is 18.1. The van der Waals surface area contributed by atoms with E-state index >= 15 is 0 Å². The van der Waals surface area contributed by atoms with Crippen LogP contribution in [0.1, 0.15) is 12.0 Å². The molecule has 0 heterocycles. The molecule has 0 aliphatic carbocycles. The molecule has 0 spiro atoms. The summed E-state index contributed by atoms with van der Waals surface area (Å²) in [6.45, 7) is -0.610. The van der Waals surface area contributed by atoms with Crippen LogP contribution in [0.15, 0.2) is 77.7 Å². The van der Waals surface area contributed by atoms with Gasteiger partial charge in [-0.25, -0.2) is 8.42 Å². The highest BCUT2D eigenvalue weighted by Gasteiger charge is 2.22. The molecule has 0 aromatic heterocycles. The third kappa shape index (κ3) is 4.75. The predicted octanol–water partition coefficient (Wildman–Crippen LogP) is 4.24. The Morgan fingerprint density at radius 3 is 2.15 bits per heavy atom. The normalized spacial score (nSPS) is 11.6. The Labute approximate surface area is 195 Å². The van der Waals surface area contributed by atoms with Crippen LogP contribution in [0.2, 0.25) is 0 Å². The number of aliphatic hydroxyl groups excluding tert-OH is 1. The lowest BCUT2D eigenvalue weighted by Crippen LogP contribution is -2.17. The summed E-state index contributed by atoms with van der Waals surface area (Å²) in [5.74, 6) is -1.03. The van der Waals surface area contributed by atoms with E-state index in [9.17, 15) is 23.3 Å². The highest BCUT2D eigenvalue weighted by molar-refractivity contribution is 7.91. The van der Waals surface area contributed by atoms with Gasteiger partial charge < -0.3 is 10.4 Å². The van der Waals surface area contributed by atoms with Crippen molar-refractivity contribution in [2.75, 3.05) is 17.7 Å². The van der Waals surface area contributed by atoms with Crippen LogP contribution in [0.25, 0.3) is 21.5 Å². The van der Waals surface area contributed by atoms with Crippen molar-refractivity contribution in [2.45, 2.75) is 17.7 Å². The van der Waals surface area contributed by atoms with Crippen LogP contribution in [-0.2, 0) is 21.1 Å². The SMILES string of the molecule is O=C(CCc1c2ccccc2cc2ccccc12)Nc1cc([N+](=O)[O-])ccc1S(=O)(=O)CCO. The number of nitro benzene ring substituents is 1. The van der Waals surface area contributed by atoms with Gasteiger partial charge in [0, 0.05) is 18.6 Å². The molecule has 0 atom stereocenters. The summed E-state index contributed by atoms with van der Waals surface area (Å²) in [5, 5.41) is 27.0. The summed E-state index contributed by atoms with van der Waals surface area (Å²) >= 11 is 0. The van der Waals surface area contributed by atoms with E-state index in [-0.39, 0.29) is 22.7 Å². The highest BCUT2D eigenvalue weighted by atomic mass is 32.2. The molecule has 34 heavy (non-hydrogen) atoms. The van der Waals surface area contributed by atoms with Crippen molar-refractivity contribution in [2.24, 2.45) is 0 Å². The maximum absolute atomic E-state index is 12.9. The summed E-state index contributed by atoms with van der Waals surface area (Å²) in [7, 11) is -3.94. The molecule has 4 aromatic rings. The van der Waals surface area contributed by atoms with Crippen molar-refractivity contribution in [3.63, 3.8) is 0 Å². The number of hydrogen-bond donors (Lipinski definition) is 2. The van der Waals surface area contributed by atoms with Gasteiger partial charge in [-0.05, 0) is 45.7 Å². The van der Waals surface area contributed by atoms with Crippen LogP contribution in [-0.4, -0.2) is 36.7 Å². The molecule has 0 saturated carbocycles. The molecule has 0 saturated heterocycles. The molecule has 0 radical (unpaired) electrons. The largest absolute Gasteiger partial charge is 0.395 e. The number of amides is 1. The van der Waals surface area contributed by atoms with Gasteiger partial charge in [-0.15, -0.1) is 0 Å². The lowest BCUT2D eigenvalue weighted by molar-refractivity contribution is -0.384. The van der Waals surface area contributed by atoms with Crippen LogP contribution in [0.4, 0.5) is 11.4 Å². The molecular formula is C25H22N2O6S. The summed E-state index contributed by atoms with van der Waals surface area (Å²) in [6, 6.07) is 21.0. The average molecular weight is 479 g/mol. The molecule has 4 aromatic carbocycles. The number of nitrogens with zero attached hydrogens (tertiary/aromatic N) is 1. The number of aliphatic hydroxyl groups is 1. The zero-order chi connectivity index (χ0) is 24.3. The topological polar surface area (TPSA) is 127 Å². The van der Waals surface area contributed by atoms with E-state index in [2.05, 4.69) is 11.4 Å². The van der Waals surface area contributed by atoms with Crippen molar-refractivity contribution in [1.82, 2.24) is 0 Å². The fourth-order valence-electron chi connectivity index (χ4n) is 4.06. The van der Waals surface area contributed by atoms with E-state index < -0.39 is 33.0 Å². The summed E-state index contributed by atoms with van der Waals surface area (Å²) in [4.78, 5) is 23.1. The third-order valence-corrected chi connectivity index (χ3v) is 7.37. The van der Waals surface area contributed by atoms with E-state index in [1.54, 1.807) is 0 Å². The van der Waals surface area contributed by atoms with Gasteiger partial charge in [0.15, 0.2) is 9.84 Å². The molecule has 1 amide bonds. The van der Waals surface area contributed by atoms with Gasteiger partial charge in [-0.1, -0.05) is 48.5 Å². The maximum atomic E-state index is 12.9. The predicted molar refractivity (Wildman–Crippen MR) is 131 cm³/mol. The van der Waals surface area contributed by atoms with Crippen LogP contribution in [0, 0.1) is 10.1 Å². The minimum absolute atomic E-state index is 0.0418. The molecule has 4 rings (SSSR count). The van der Waals surface area contributed by atoms with Gasteiger partial charge in [0.2, 0.25) is 5.91 Å². The Kier molecular flexibility index (Phi) is 6.58. The van der Waals surface area contributed by atoms with E-state index in [1.807, 2.05) is 48.5 Å². The number of benzene rings is 4. The number of carbonyl (C=O) groups is 1. The van der Waals surface area contributed by atoms with Crippen LogP contribution >= 0.6 is 0 Å². The molecule has 8 nitrogen and oxygen atoms in total. The molecule has 9 heteroatoms. The van der Waals surface area contributed by atoms with E-state index in [0.29, 0.717) is 6.42 Å². The Morgan fingerprint density at radius 1 is 0.941 bits per heavy atom. The number of fused-ring (bicyclic) bond motifs is 2. The first kappa shape index (κ1) is 23.3. The Bertz CT molecular complexity index is 1460. The second-order valence-electron chi connectivity index (χ2n) is 7.83. The number of non-ortho nitro benzene ring substituents is 1. The minimum atomic E-state index is -3.94. The Morgan fingerprint density at radius 2 is 1.56 bits per heavy atom. The fourth-order valence-corrected chi connectivity index (χ4v) is 5.24. The van der Waals surface area contributed by atoms with Crippen LogP contribution in [0.5, 0.6) is 0 Å². The van der Waals surface area contributed by atoms with Gasteiger partial charge >= 0.3 is 0 Å². The number of rotatable bonds is 8. The summed E-state index contributed by atoms with van der Waals surface area (Å²) in [6.07, 6.45) is 0.432. The van der Waals surface area contributed by atoms with Crippen molar-refractivity contribution in [1.29, 1.82) is 0 Å². The molecule has 0 unspecified atom stereocenters. The van der Waals surface area contributed by atoms with Gasteiger partial charge in [0.1, 0.15) is 0 Å². The van der Waals surface area contributed by atoms with Crippen molar-refractivity contribution in [3.8, 4) is 0 Å². The first-order valence-corrected chi connectivity index (χ1v) is 12.3. The van der Waals surface area contributed by atoms with Crippen LogP contribution < -0.4 is 5.32 Å². The van der Waals surface area contributed by atoms with Gasteiger partial charge in [-0.3, -0.25) is 14.9 Å². The van der Waals surface area contributed by atoms with E-state index in [4.69, 9.17) is 5.11 Å². The Hall–Kier alpha value is -3.82. The highest BCUT2D eigenvalue weighted by Crippen LogP contribution is 2.30. The number of sulfone groups is 1. The smallest absolute Gasteiger partial charge is 0.271 e. The number of carbonyl (C=O) groups excluding carboxylic acids is 1. The maximum Gasteiger partial charge on any atom is 0.271 e. The average Bonchev–Trinajstić information content (AvgIpc) is 2.81. The molecule has 0 aliphatic rings. The minimum Gasteiger partial charge on any atom is -0.395 e. The van der Waals surface area contributed by atoms with Gasteiger partial charge in [0.05, 0.1) is 27.9 Å². The Balaban J connectivity index is 1.65. The second-order valence-corrected chi connectivity index (χ2v) is 9.90. The quantitative estimate of drug-likeness (QED) is 0.222. The number of aryl methyl sites for hydroxylation is 1. The fraction of sp³-hybridized carbons (Fsp3) is 0.160. The first-order chi connectivity index (χ1) is 16.3. The molecule has 0 fully saturated rings. The monoisotopic (exact) mass is 478 g/mol. The van der Waals surface area contributed by atoms with Gasteiger partial charge in [0.25, 0.3) is 5.69 Å². The van der Waals surface area contributed by atoms with Crippen LogP contribution in [0.3, 0.4) is 0 Å². The van der Waals surface area contributed by atoms with Crippen molar-refractivity contribution < 1.29 is 23.2 Å². The van der Waals surface area contributed by atoms with Gasteiger partial charge in [-0.2, -0.15) is 0 Å². The summed E-state index contributed by atoms with van der Waals surface area (Å²) in [5.41, 5.74) is 0.477. The standard InChI is InChI=1S/C25H22N2O6S/c28-13-14-34(32,33)24-11-9-19(27(30)31)16-23(24)26-25(29)12-10-22-20-7-3-1-5-17(20)15-18-6-2-4-8-21(18)22/h1-9,11,15-16,28H,10,12-14H2,(H,26,29).